The molecular weight excluding hydrogens is 314 g/mol. The van der Waals surface area contributed by atoms with Gasteiger partial charge >= 0.3 is 0 Å². The Kier molecular flexibility index (Phi) is 4.88. The molecule has 1 heteroatoms. The molecule has 0 radical (unpaired) electrons. The van der Waals surface area contributed by atoms with Gasteiger partial charge in [-0.3, -0.25) is 4.98 Å². The molecule has 0 aliphatic heterocycles. The van der Waals surface area contributed by atoms with Crippen LogP contribution in [0.5, 0.6) is 0 Å². The third kappa shape index (κ3) is 3.73. The van der Waals surface area contributed by atoms with Gasteiger partial charge in [0.1, 0.15) is 0 Å². The molecule has 0 bridgehead atoms. The summed E-state index contributed by atoms with van der Waals surface area (Å²) in [6, 6.07) is 34.1. The van der Waals surface area contributed by atoms with Crippen LogP contribution in [0.1, 0.15) is 11.1 Å². The minimum Gasteiger partial charge on any atom is -0.256 e. The zero-order valence-electron chi connectivity index (χ0n) is 14.7. The van der Waals surface area contributed by atoms with Crippen LogP contribution in [0.2, 0.25) is 0 Å². The normalized spacial score (nSPS) is 10.6. The quantitative estimate of drug-likeness (QED) is 0.423. The van der Waals surface area contributed by atoms with Crippen molar-refractivity contribution >= 4 is 0 Å². The van der Waals surface area contributed by atoms with Crippen molar-refractivity contribution in [3.63, 3.8) is 0 Å². The van der Waals surface area contributed by atoms with Crippen LogP contribution in [-0.2, 0) is 12.8 Å². The fourth-order valence-corrected chi connectivity index (χ4v) is 3.28. The highest BCUT2D eigenvalue weighted by Crippen LogP contribution is 2.24. The summed E-state index contributed by atoms with van der Waals surface area (Å²) in [7, 11) is 0. The Balaban J connectivity index is 1.50. The van der Waals surface area contributed by atoms with E-state index < -0.39 is 0 Å². The Morgan fingerprint density at radius 3 is 2.00 bits per heavy atom. The number of nitrogens with zero attached hydrogens (tertiary/aromatic N) is 1. The second-order valence-corrected chi connectivity index (χ2v) is 6.44. The Hall–Kier alpha value is -3.19. The zero-order valence-corrected chi connectivity index (χ0v) is 14.7. The highest BCUT2D eigenvalue weighted by Gasteiger charge is 2.06. The van der Waals surface area contributed by atoms with Gasteiger partial charge in [-0.2, -0.15) is 0 Å². The summed E-state index contributed by atoms with van der Waals surface area (Å²) in [5.41, 5.74) is 7.51. The molecule has 26 heavy (non-hydrogen) atoms. The van der Waals surface area contributed by atoms with Gasteiger partial charge in [0.15, 0.2) is 0 Å². The zero-order chi connectivity index (χ0) is 17.6. The predicted molar refractivity (Wildman–Crippen MR) is 109 cm³/mol. The molecule has 1 aromatic heterocycles. The Morgan fingerprint density at radius 1 is 0.538 bits per heavy atom. The van der Waals surface area contributed by atoms with E-state index in [1.807, 2.05) is 18.3 Å². The van der Waals surface area contributed by atoms with Crippen molar-refractivity contribution in [2.24, 2.45) is 0 Å². The van der Waals surface area contributed by atoms with Crippen molar-refractivity contribution in [3.8, 4) is 22.4 Å². The fraction of sp³-hybridized carbons (Fsp3) is 0.0800. The van der Waals surface area contributed by atoms with Gasteiger partial charge in [0.25, 0.3) is 0 Å². The lowest BCUT2D eigenvalue weighted by Gasteiger charge is -2.09. The number of pyridine rings is 1. The highest BCUT2D eigenvalue weighted by atomic mass is 14.7. The number of hydrogen-bond acceptors (Lipinski definition) is 1. The maximum Gasteiger partial charge on any atom is 0.0704 e. The Labute approximate surface area is 155 Å². The standard InChI is InChI=1S/C25H21N/c1-2-8-21(9-3-1)22-16-13-20(14-17-22)15-18-23-10-4-5-11-24(23)25-12-6-7-19-26-25/h1-14,16-17,19H,15,18H2. The summed E-state index contributed by atoms with van der Waals surface area (Å²) in [4.78, 5) is 4.51. The Morgan fingerprint density at radius 2 is 1.23 bits per heavy atom. The number of hydrogen-bond donors (Lipinski definition) is 0. The number of benzene rings is 3. The van der Waals surface area contributed by atoms with Crippen LogP contribution in [-0.4, -0.2) is 4.98 Å². The van der Waals surface area contributed by atoms with Gasteiger partial charge in [0.05, 0.1) is 5.69 Å². The van der Waals surface area contributed by atoms with Crippen LogP contribution >= 0.6 is 0 Å². The summed E-state index contributed by atoms with van der Waals surface area (Å²) in [6.07, 6.45) is 3.89. The van der Waals surface area contributed by atoms with Crippen LogP contribution in [0, 0.1) is 0 Å². The van der Waals surface area contributed by atoms with Crippen molar-refractivity contribution in [1.29, 1.82) is 0 Å². The predicted octanol–water partition coefficient (Wildman–Crippen LogP) is 6.20. The average Bonchev–Trinajstić information content (AvgIpc) is 2.74. The molecule has 0 spiro atoms. The van der Waals surface area contributed by atoms with Gasteiger partial charge in [0.2, 0.25) is 0 Å². The van der Waals surface area contributed by atoms with E-state index in [1.165, 1.54) is 27.8 Å². The maximum atomic E-state index is 4.51. The molecule has 0 fully saturated rings. The molecule has 0 atom stereocenters. The smallest absolute Gasteiger partial charge is 0.0704 e. The van der Waals surface area contributed by atoms with Gasteiger partial charge in [-0.05, 0) is 47.2 Å². The largest absolute Gasteiger partial charge is 0.256 e. The van der Waals surface area contributed by atoms with Gasteiger partial charge in [-0.25, -0.2) is 0 Å². The van der Waals surface area contributed by atoms with E-state index in [0.717, 1.165) is 18.5 Å². The fourth-order valence-electron chi connectivity index (χ4n) is 3.28. The lowest BCUT2D eigenvalue weighted by atomic mass is 9.96. The minimum absolute atomic E-state index is 1.01. The molecule has 0 amide bonds. The molecule has 0 aliphatic rings. The molecule has 0 saturated heterocycles. The van der Waals surface area contributed by atoms with Crippen LogP contribution < -0.4 is 0 Å². The van der Waals surface area contributed by atoms with Gasteiger partial charge < -0.3 is 0 Å². The first-order chi connectivity index (χ1) is 12.9. The summed E-state index contributed by atoms with van der Waals surface area (Å²) < 4.78 is 0. The molecule has 1 nitrogen and oxygen atoms in total. The molecule has 126 valence electrons. The van der Waals surface area contributed by atoms with Crippen LogP contribution in [0.3, 0.4) is 0 Å². The average molecular weight is 335 g/mol. The molecule has 0 unspecified atom stereocenters. The number of rotatable bonds is 5. The first kappa shape index (κ1) is 16.3. The van der Waals surface area contributed by atoms with Crippen molar-refractivity contribution in [2.75, 3.05) is 0 Å². The van der Waals surface area contributed by atoms with E-state index in [1.54, 1.807) is 0 Å². The lowest BCUT2D eigenvalue weighted by molar-refractivity contribution is 0.961. The van der Waals surface area contributed by atoms with Gasteiger partial charge in [-0.1, -0.05) is 84.9 Å². The van der Waals surface area contributed by atoms with E-state index in [9.17, 15) is 0 Å². The van der Waals surface area contributed by atoms with E-state index in [0.29, 0.717) is 0 Å². The molecule has 3 aromatic carbocycles. The molecule has 1 heterocycles. The van der Waals surface area contributed by atoms with Crippen LogP contribution in [0.15, 0.2) is 103 Å². The molecule has 0 N–H and O–H groups in total. The first-order valence-corrected chi connectivity index (χ1v) is 9.04. The SMILES string of the molecule is c1ccc(-c2ccc(CCc3ccccc3-c3ccccn3)cc2)cc1. The molecule has 0 aliphatic carbocycles. The summed E-state index contributed by atoms with van der Waals surface area (Å²) in [6.45, 7) is 0. The molecule has 0 saturated carbocycles. The topological polar surface area (TPSA) is 12.9 Å². The second-order valence-electron chi connectivity index (χ2n) is 6.44. The van der Waals surface area contributed by atoms with Crippen molar-refractivity contribution in [2.45, 2.75) is 12.8 Å². The van der Waals surface area contributed by atoms with Crippen molar-refractivity contribution in [3.05, 3.63) is 114 Å². The number of aryl methyl sites for hydroxylation is 2. The van der Waals surface area contributed by atoms with Crippen molar-refractivity contribution < 1.29 is 0 Å². The van der Waals surface area contributed by atoms with Gasteiger partial charge in [0, 0.05) is 11.8 Å². The van der Waals surface area contributed by atoms with Gasteiger partial charge in [-0.15, -0.1) is 0 Å². The first-order valence-electron chi connectivity index (χ1n) is 9.04. The van der Waals surface area contributed by atoms with Crippen LogP contribution in [0.4, 0.5) is 0 Å². The van der Waals surface area contributed by atoms with E-state index in [4.69, 9.17) is 0 Å². The number of aromatic nitrogens is 1. The maximum absolute atomic E-state index is 4.51. The third-order valence-corrected chi connectivity index (χ3v) is 4.70. The van der Waals surface area contributed by atoms with Crippen LogP contribution in [0.25, 0.3) is 22.4 Å². The molecule has 4 rings (SSSR count). The van der Waals surface area contributed by atoms with E-state index in [-0.39, 0.29) is 0 Å². The monoisotopic (exact) mass is 335 g/mol. The van der Waals surface area contributed by atoms with E-state index >= 15 is 0 Å². The lowest BCUT2D eigenvalue weighted by Crippen LogP contribution is -1.95. The molecule has 4 aromatic rings. The summed E-state index contributed by atoms with van der Waals surface area (Å²) in [5.74, 6) is 0. The van der Waals surface area contributed by atoms with Crippen molar-refractivity contribution in [1.82, 2.24) is 4.98 Å². The summed E-state index contributed by atoms with van der Waals surface area (Å²) in [5, 5.41) is 0. The Bertz CT molecular complexity index is 958. The third-order valence-electron chi connectivity index (χ3n) is 4.70. The summed E-state index contributed by atoms with van der Waals surface area (Å²) >= 11 is 0. The van der Waals surface area contributed by atoms with E-state index in [2.05, 4.69) is 89.9 Å². The second kappa shape index (κ2) is 7.79. The molecular formula is C25H21N. The highest BCUT2D eigenvalue weighted by molar-refractivity contribution is 5.64. The minimum atomic E-state index is 1.01.